The maximum Gasteiger partial charge on any atom is 0.119 e. The van der Waals surface area contributed by atoms with Crippen LogP contribution < -0.4 is 10.5 Å². The molecule has 2 rings (SSSR count). The van der Waals surface area contributed by atoms with Crippen LogP contribution in [0.15, 0.2) is 24.3 Å². The van der Waals surface area contributed by atoms with E-state index in [0.717, 1.165) is 30.8 Å². The van der Waals surface area contributed by atoms with Gasteiger partial charge in [0.1, 0.15) is 5.75 Å². The van der Waals surface area contributed by atoms with Crippen molar-refractivity contribution in [2.24, 2.45) is 5.73 Å². The van der Waals surface area contributed by atoms with Crippen LogP contribution in [0, 0.1) is 0 Å². The number of nitrogens with two attached hydrogens (primary N) is 1. The predicted octanol–water partition coefficient (Wildman–Crippen LogP) is 2.65. The van der Waals surface area contributed by atoms with Crippen molar-refractivity contribution in [3.05, 3.63) is 29.8 Å². The molecule has 0 amide bonds. The summed E-state index contributed by atoms with van der Waals surface area (Å²) in [6.45, 7) is 5.56. The van der Waals surface area contributed by atoms with Crippen molar-refractivity contribution < 1.29 is 9.47 Å². The van der Waals surface area contributed by atoms with E-state index >= 15 is 0 Å². The molecule has 17 heavy (non-hydrogen) atoms. The molecular weight excluding hydrogens is 214 g/mol. The summed E-state index contributed by atoms with van der Waals surface area (Å²) in [6, 6.07) is 7.91. The van der Waals surface area contributed by atoms with Gasteiger partial charge >= 0.3 is 0 Å². The first-order valence-corrected chi connectivity index (χ1v) is 6.28. The highest BCUT2D eigenvalue weighted by atomic mass is 16.5. The molecule has 1 aliphatic rings. The Labute approximate surface area is 103 Å². The summed E-state index contributed by atoms with van der Waals surface area (Å²) in [5.74, 6) is 0.877. The molecular formula is C14H21NO2. The molecule has 1 saturated heterocycles. The molecule has 2 unspecified atom stereocenters. The third-order valence-electron chi connectivity index (χ3n) is 3.44. The van der Waals surface area contributed by atoms with Gasteiger partial charge in [-0.25, -0.2) is 0 Å². The predicted molar refractivity (Wildman–Crippen MR) is 68.1 cm³/mol. The van der Waals surface area contributed by atoms with E-state index in [1.807, 2.05) is 31.2 Å². The summed E-state index contributed by atoms with van der Waals surface area (Å²) in [7, 11) is 0. The molecule has 3 heteroatoms. The number of hydrogen-bond donors (Lipinski definition) is 1. The van der Waals surface area contributed by atoms with Gasteiger partial charge in [0.25, 0.3) is 0 Å². The van der Waals surface area contributed by atoms with Gasteiger partial charge in [-0.1, -0.05) is 12.1 Å². The van der Waals surface area contributed by atoms with Crippen molar-refractivity contribution in [1.82, 2.24) is 0 Å². The first-order chi connectivity index (χ1) is 8.15. The molecule has 1 aromatic carbocycles. The van der Waals surface area contributed by atoms with E-state index in [1.54, 1.807) is 0 Å². The average Bonchev–Trinajstić information content (AvgIpc) is 2.77. The Kier molecular flexibility index (Phi) is 3.69. The van der Waals surface area contributed by atoms with Crippen molar-refractivity contribution in [3.63, 3.8) is 0 Å². The fraction of sp³-hybridized carbons (Fsp3) is 0.571. The maximum absolute atomic E-state index is 6.32. The molecule has 1 fully saturated rings. The Bertz CT molecular complexity index is 372. The van der Waals surface area contributed by atoms with Crippen LogP contribution in [0.5, 0.6) is 5.75 Å². The SMILES string of the molecule is CCOc1cccc(C(N)C2(C)CCCO2)c1. The van der Waals surface area contributed by atoms with Crippen LogP contribution in [-0.2, 0) is 4.74 Å². The molecule has 2 atom stereocenters. The highest BCUT2D eigenvalue weighted by Crippen LogP contribution is 2.36. The molecule has 0 aromatic heterocycles. The van der Waals surface area contributed by atoms with Gasteiger partial charge in [-0.3, -0.25) is 0 Å². The second-order valence-corrected chi connectivity index (χ2v) is 4.75. The Balaban J connectivity index is 2.18. The first kappa shape index (κ1) is 12.4. The molecule has 3 nitrogen and oxygen atoms in total. The van der Waals surface area contributed by atoms with Crippen LogP contribution in [-0.4, -0.2) is 18.8 Å². The van der Waals surface area contributed by atoms with E-state index in [9.17, 15) is 0 Å². The second kappa shape index (κ2) is 5.07. The second-order valence-electron chi connectivity index (χ2n) is 4.75. The Morgan fingerprint density at radius 2 is 2.35 bits per heavy atom. The van der Waals surface area contributed by atoms with E-state index < -0.39 is 0 Å². The van der Waals surface area contributed by atoms with Crippen molar-refractivity contribution in [1.29, 1.82) is 0 Å². The molecule has 94 valence electrons. The Morgan fingerprint density at radius 1 is 1.53 bits per heavy atom. The largest absolute Gasteiger partial charge is 0.494 e. The van der Waals surface area contributed by atoms with Gasteiger partial charge in [0, 0.05) is 6.61 Å². The highest BCUT2D eigenvalue weighted by molar-refractivity contribution is 5.32. The average molecular weight is 235 g/mol. The summed E-state index contributed by atoms with van der Waals surface area (Å²) in [6.07, 6.45) is 2.11. The first-order valence-electron chi connectivity index (χ1n) is 6.28. The lowest BCUT2D eigenvalue weighted by atomic mass is 9.88. The van der Waals surface area contributed by atoms with E-state index in [4.69, 9.17) is 15.2 Å². The zero-order valence-electron chi connectivity index (χ0n) is 10.6. The van der Waals surface area contributed by atoms with Gasteiger partial charge in [-0.15, -0.1) is 0 Å². The zero-order valence-corrected chi connectivity index (χ0v) is 10.6. The minimum Gasteiger partial charge on any atom is -0.494 e. The standard InChI is InChI=1S/C14H21NO2/c1-3-16-12-7-4-6-11(10-12)13(15)14(2)8-5-9-17-14/h4,6-7,10,13H,3,5,8-9,15H2,1-2H3. The smallest absolute Gasteiger partial charge is 0.119 e. The molecule has 1 aromatic rings. The van der Waals surface area contributed by atoms with E-state index in [2.05, 4.69) is 6.92 Å². The summed E-state index contributed by atoms with van der Waals surface area (Å²) in [4.78, 5) is 0. The van der Waals surface area contributed by atoms with Crippen LogP contribution in [0.3, 0.4) is 0 Å². The number of ether oxygens (including phenoxy) is 2. The quantitative estimate of drug-likeness (QED) is 0.872. The van der Waals surface area contributed by atoms with Gasteiger partial charge < -0.3 is 15.2 Å². The van der Waals surface area contributed by atoms with Gasteiger partial charge in [0.05, 0.1) is 18.2 Å². The van der Waals surface area contributed by atoms with Gasteiger partial charge in [0.2, 0.25) is 0 Å². The molecule has 0 saturated carbocycles. The third-order valence-corrected chi connectivity index (χ3v) is 3.44. The minimum absolute atomic E-state index is 0.0922. The number of hydrogen-bond acceptors (Lipinski definition) is 3. The van der Waals surface area contributed by atoms with E-state index in [-0.39, 0.29) is 11.6 Å². The molecule has 0 spiro atoms. The molecule has 0 aliphatic carbocycles. The zero-order chi connectivity index (χ0) is 12.3. The number of benzene rings is 1. The van der Waals surface area contributed by atoms with E-state index in [1.165, 1.54) is 0 Å². The Morgan fingerprint density at radius 3 is 3.00 bits per heavy atom. The summed E-state index contributed by atoms with van der Waals surface area (Å²) < 4.78 is 11.3. The molecule has 1 aliphatic heterocycles. The van der Waals surface area contributed by atoms with Crippen molar-refractivity contribution in [3.8, 4) is 5.75 Å². The number of rotatable bonds is 4. The van der Waals surface area contributed by atoms with Crippen molar-refractivity contribution in [2.75, 3.05) is 13.2 Å². The lowest BCUT2D eigenvalue weighted by Crippen LogP contribution is -2.37. The summed E-state index contributed by atoms with van der Waals surface area (Å²) in [5.41, 5.74) is 7.17. The normalized spacial score (nSPS) is 25.8. The summed E-state index contributed by atoms with van der Waals surface area (Å²) in [5, 5.41) is 0. The lowest BCUT2D eigenvalue weighted by molar-refractivity contribution is -0.00177. The molecule has 1 heterocycles. The van der Waals surface area contributed by atoms with Gasteiger partial charge in [-0.05, 0) is 44.4 Å². The maximum atomic E-state index is 6.32. The van der Waals surface area contributed by atoms with Crippen molar-refractivity contribution >= 4 is 0 Å². The van der Waals surface area contributed by atoms with Crippen molar-refractivity contribution in [2.45, 2.75) is 38.3 Å². The topological polar surface area (TPSA) is 44.5 Å². The van der Waals surface area contributed by atoms with Crippen LogP contribution in [0.2, 0.25) is 0 Å². The van der Waals surface area contributed by atoms with Crippen LogP contribution in [0.1, 0.15) is 38.3 Å². The molecule has 2 N–H and O–H groups in total. The lowest BCUT2D eigenvalue weighted by Gasteiger charge is -2.30. The third kappa shape index (κ3) is 2.61. The van der Waals surface area contributed by atoms with E-state index in [0.29, 0.717) is 6.61 Å². The monoisotopic (exact) mass is 235 g/mol. The van der Waals surface area contributed by atoms with Crippen LogP contribution in [0.25, 0.3) is 0 Å². The van der Waals surface area contributed by atoms with Gasteiger partial charge in [0.15, 0.2) is 0 Å². The fourth-order valence-corrected chi connectivity index (χ4v) is 2.36. The molecule has 0 bridgehead atoms. The fourth-order valence-electron chi connectivity index (χ4n) is 2.36. The van der Waals surface area contributed by atoms with Crippen LogP contribution in [0.4, 0.5) is 0 Å². The Hall–Kier alpha value is -1.06. The van der Waals surface area contributed by atoms with Gasteiger partial charge in [-0.2, -0.15) is 0 Å². The highest BCUT2D eigenvalue weighted by Gasteiger charge is 2.37. The molecule has 0 radical (unpaired) electrons. The summed E-state index contributed by atoms with van der Waals surface area (Å²) >= 11 is 0. The van der Waals surface area contributed by atoms with Crippen LogP contribution >= 0.6 is 0 Å². The minimum atomic E-state index is -0.231.